The molecule has 0 aromatic carbocycles. The number of rotatable bonds is 7. The second-order valence-corrected chi connectivity index (χ2v) is 6.39. The van der Waals surface area contributed by atoms with Crippen LogP contribution in [0, 0.1) is 5.92 Å². The third-order valence-corrected chi connectivity index (χ3v) is 4.60. The van der Waals surface area contributed by atoms with E-state index in [2.05, 4.69) is 15.0 Å². The van der Waals surface area contributed by atoms with Gasteiger partial charge in [-0.1, -0.05) is 13.8 Å². The van der Waals surface area contributed by atoms with Crippen LogP contribution in [0.2, 0.25) is 0 Å². The molecular formula is C16H25ClN4O3. The van der Waals surface area contributed by atoms with Crippen LogP contribution in [0.3, 0.4) is 0 Å². The fraction of sp³-hybridized carbons (Fsp3) is 0.750. The normalized spacial score (nSPS) is 25.2. The Balaban J connectivity index is 0.00000208. The molecule has 0 spiro atoms. The van der Waals surface area contributed by atoms with E-state index in [-0.39, 0.29) is 18.3 Å². The van der Waals surface area contributed by atoms with Crippen LogP contribution in [0.15, 0.2) is 0 Å². The van der Waals surface area contributed by atoms with E-state index < -0.39 is 0 Å². The summed E-state index contributed by atoms with van der Waals surface area (Å²) in [6.07, 6.45) is 3.60. The topological polar surface area (TPSA) is 74.2 Å². The Kier molecular flexibility index (Phi) is 6.34. The number of halogens is 1. The monoisotopic (exact) mass is 356 g/mol. The molecule has 24 heavy (non-hydrogen) atoms. The number of nitrogens with zero attached hydrogens (tertiary/aromatic N) is 4. The van der Waals surface area contributed by atoms with E-state index in [9.17, 15) is 4.79 Å². The van der Waals surface area contributed by atoms with Crippen molar-refractivity contribution in [1.29, 1.82) is 0 Å². The van der Waals surface area contributed by atoms with Crippen molar-refractivity contribution in [2.75, 3.05) is 32.8 Å². The summed E-state index contributed by atoms with van der Waals surface area (Å²) in [7, 11) is 0. The van der Waals surface area contributed by atoms with Gasteiger partial charge in [-0.15, -0.1) is 15.0 Å². The minimum atomic E-state index is 0. The SMILES string of the molecule is CCCOc1nc(OCCC)nc([N+]23CCC(CC2)C(=O)C3)n1.[Cl-]. The molecule has 3 aliphatic heterocycles. The highest BCUT2D eigenvalue weighted by molar-refractivity contribution is 5.86. The Morgan fingerprint density at radius 3 is 2.00 bits per heavy atom. The van der Waals surface area contributed by atoms with E-state index in [1.807, 2.05) is 13.8 Å². The number of hydrogen-bond acceptors (Lipinski definition) is 6. The van der Waals surface area contributed by atoms with Gasteiger partial charge in [-0.25, -0.2) is 0 Å². The summed E-state index contributed by atoms with van der Waals surface area (Å²) in [4.78, 5) is 25.4. The van der Waals surface area contributed by atoms with Gasteiger partial charge in [0.25, 0.3) is 0 Å². The van der Waals surface area contributed by atoms with Crippen LogP contribution in [0.1, 0.15) is 39.5 Å². The van der Waals surface area contributed by atoms with Crippen molar-refractivity contribution < 1.29 is 26.7 Å². The van der Waals surface area contributed by atoms with E-state index in [1.54, 1.807) is 0 Å². The number of carbonyl (C=O) groups excluding carboxylic acids is 1. The summed E-state index contributed by atoms with van der Waals surface area (Å²) in [5, 5.41) is 0. The molecule has 3 fully saturated rings. The summed E-state index contributed by atoms with van der Waals surface area (Å²) in [5.41, 5.74) is 0. The lowest BCUT2D eigenvalue weighted by atomic mass is 9.85. The van der Waals surface area contributed by atoms with Gasteiger partial charge in [0.15, 0.2) is 5.78 Å². The summed E-state index contributed by atoms with van der Waals surface area (Å²) < 4.78 is 11.7. The average molecular weight is 357 g/mol. The van der Waals surface area contributed by atoms with Gasteiger partial charge >= 0.3 is 18.0 Å². The van der Waals surface area contributed by atoms with E-state index in [0.29, 0.717) is 48.0 Å². The molecule has 0 amide bonds. The molecule has 1 aromatic rings. The largest absolute Gasteiger partial charge is 1.00 e. The van der Waals surface area contributed by atoms with Gasteiger partial charge in [0.2, 0.25) is 0 Å². The Morgan fingerprint density at radius 1 is 1.00 bits per heavy atom. The smallest absolute Gasteiger partial charge is 0.338 e. The molecule has 134 valence electrons. The highest BCUT2D eigenvalue weighted by Gasteiger charge is 2.49. The first-order chi connectivity index (χ1) is 11.2. The molecular weight excluding hydrogens is 332 g/mol. The van der Waals surface area contributed by atoms with Crippen LogP contribution in [0.5, 0.6) is 12.0 Å². The predicted octanol–water partition coefficient (Wildman–Crippen LogP) is -1.25. The number of Topliss-reactive ketones (excluding diaryl/α,β-unsaturated/α-hetero) is 1. The van der Waals surface area contributed by atoms with Gasteiger partial charge < -0.3 is 21.9 Å². The number of piperidine rings is 3. The van der Waals surface area contributed by atoms with Gasteiger partial charge in [0.1, 0.15) is 6.54 Å². The molecule has 4 heterocycles. The van der Waals surface area contributed by atoms with Crippen molar-refractivity contribution in [1.82, 2.24) is 19.4 Å². The van der Waals surface area contributed by atoms with Crippen LogP contribution < -0.4 is 26.4 Å². The molecule has 0 unspecified atom stereocenters. The minimum absolute atomic E-state index is 0. The first-order valence-corrected chi connectivity index (χ1v) is 8.58. The molecule has 4 rings (SSSR count). The lowest BCUT2D eigenvalue weighted by molar-refractivity contribution is -0.130. The van der Waals surface area contributed by atoms with Gasteiger partial charge in [0, 0.05) is 18.8 Å². The lowest BCUT2D eigenvalue weighted by Gasteiger charge is -2.45. The van der Waals surface area contributed by atoms with Gasteiger partial charge in [-0.3, -0.25) is 9.28 Å². The Bertz CT molecular complexity index is 550. The number of quaternary nitrogens is 1. The number of hydrogen-bond donors (Lipinski definition) is 0. The molecule has 2 bridgehead atoms. The summed E-state index contributed by atoms with van der Waals surface area (Å²) >= 11 is 0. The molecule has 7 nitrogen and oxygen atoms in total. The molecule has 0 radical (unpaired) electrons. The fourth-order valence-corrected chi connectivity index (χ4v) is 3.30. The summed E-state index contributed by atoms with van der Waals surface area (Å²) in [6.45, 7) is 7.46. The molecule has 0 atom stereocenters. The number of ether oxygens (including phenoxy) is 2. The predicted molar refractivity (Wildman–Crippen MR) is 85.5 cm³/mol. The van der Waals surface area contributed by atoms with E-state index in [0.717, 1.165) is 38.8 Å². The molecule has 0 aliphatic carbocycles. The van der Waals surface area contributed by atoms with E-state index in [1.165, 1.54) is 0 Å². The second kappa shape index (κ2) is 8.07. The molecule has 3 saturated heterocycles. The van der Waals surface area contributed by atoms with Crippen molar-refractivity contribution in [3.63, 3.8) is 0 Å². The molecule has 1 aromatic heterocycles. The van der Waals surface area contributed by atoms with Crippen LogP contribution in [-0.2, 0) is 4.79 Å². The minimum Gasteiger partial charge on any atom is -1.00 e. The van der Waals surface area contributed by atoms with E-state index in [4.69, 9.17) is 9.47 Å². The molecule has 8 heteroatoms. The standard InChI is InChI=1S/C16H25N4O3.ClH/c1-3-9-22-15-17-14(18-16(19-15)23-10-4-2)20-7-5-12(6-8-20)13(21)11-20;/h12H,3-11H2,1-2H3;1H/q+1;/p-1. The lowest BCUT2D eigenvalue weighted by Crippen LogP contribution is -3.00. The van der Waals surface area contributed by atoms with Crippen LogP contribution >= 0.6 is 0 Å². The van der Waals surface area contributed by atoms with Crippen molar-refractivity contribution in [3.05, 3.63) is 0 Å². The maximum atomic E-state index is 12.2. The number of fused-ring (bicyclic) bond motifs is 3. The maximum absolute atomic E-state index is 12.2. The molecule has 0 saturated carbocycles. The van der Waals surface area contributed by atoms with E-state index >= 15 is 0 Å². The first kappa shape index (κ1) is 18.9. The number of carbonyl (C=O) groups is 1. The van der Waals surface area contributed by atoms with Crippen LogP contribution in [0.4, 0.5) is 5.95 Å². The van der Waals surface area contributed by atoms with Gasteiger partial charge in [0.05, 0.1) is 26.3 Å². The zero-order valence-electron chi connectivity index (χ0n) is 14.3. The van der Waals surface area contributed by atoms with Crippen molar-refractivity contribution in [3.8, 4) is 12.0 Å². The first-order valence-electron chi connectivity index (χ1n) is 8.58. The Morgan fingerprint density at radius 2 is 1.54 bits per heavy atom. The summed E-state index contributed by atoms with van der Waals surface area (Å²) in [5.74, 6) is 1.18. The summed E-state index contributed by atoms with van der Waals surface area (Å²) in [6, 6.07) is 0.603. The third kappa shape index (κ3) is 3.78. The van der Waals surface area contributed by atoms with Crippen molar-refractivity contribution in [2.24, 2.45) is 5.92 Å². The van der Waals surface area contributed by atoms with Gasteiger partial charge in [-0.2, -0.15) is 0 Å². The fourth-order valence-electron chi connectivity index (χ4n) is 3.30. The van der Waals surface area contributed by atoms with Gasteiger partial charge in [-0.05, 0) is 12.8 Å². The van der Waals surface area contributed by atoms with Crippen LogP contribution in [-0.4, -0.2) is 53.6 Å². The Hall–Kier alpha value is -1.47. The average Bonchev–Trinajstić information content (AvgIpc) is 2.59. The highest BCUT2D eigenvalue weighted by atomic mass is 35.5. The zero-order chi connectivity index (χ0) is 16.3. The zero-order valence-corrected chi connectivity index (χ0v) is 15.1. The number of ketones is 1. The van der Waals surface area contributed by atoms with Crippen molar-refractivity contribution >= 4 is 11.7 Å². The molecule has 3 aliphatic rings. The maximum Gasteiger partial charge on any atom is 0.338 e. The second-order valence-electron chi connectivity index (χ2n) is 6.39. The van der Waals surface area contributed by atoms with Crippen molar-refractivity contribution in [2.45, 2.75) is 39.5 Å². The quantitative estimate of drug-likeness (QED) is 0.569. The number of aromatic nitrogens is 3. The third-order valence-electron chi connectivity index (χ3n) is 4.60. The Labute approximate surface area is 148 Å². The van der Waals surface area contributed by atoms with Crippen LogP contribution in [0.25, 0.3) is 0 Å². The highest BCUT2D eigenvalue weighted by Crippen LogP contribution is 2.35. The molecule has 0 N–H and O–H groups in total.